The van der Waals surface area contributed by atoms with Gasteiger partial charge in [-0.2, -0.15) is 5.26 Å². The van der Waals surface area contributed by atoms with Gasteiger partial charge in [-0.15, -0.1) is 0 Å². The molecule has 3 heteroatoms. The number of hydrogen-bond donors (Lipinski definition) is 0. The van der Waals surface area contributed by atoms with E-state index in [0.717, 1.165) is 22.8 Å². The van der Waals surface area contributed by atoms with Crippen molar-refractivity contribution in [2.24, 2.45) is 0 Å². The minimum atomic E-state index is -0.829. The molecule has 0 aliphatic carbocycles. The topological polar surface area (TPSA) is 23.8 Å². The highest BCUT2D eigenvalue weighted by atomic mass is 19.1. The Morgan fingerprint density at radius 2 is 1.50 bits per heavy atom. The summed E-state index contributed by atoms with van der Waals surface area (Å²) in [5.41, 5.74) is 1.94. The van der Waals surface area contributed by atoms with Gasteiger partial charge in [0.1, 0.15) is 23.3 Å². The molecule has 26 heavy (non-hydrogen) atoms. The third kappa shape index (κ3) is 3.91. The van der Waals surface area contributed by atoms with Gasteiger partial charge >= 0.3 is 0 Å². The van der Waals surface area contributed by atoms with E-state index in [4.69, 9.17) is 5.26 Å². The van der Waals surface area contributed by atoms with Gasteiger partial charge in [-0.3, -0.25) is 0 Å². The minimum Gasteiger partial charge on any atom is -0.205 e. The van der Waals surface area contributed by atoms with Crippen molar-refractivity contribution in [3.05, 3.63) is 71.3 Å². The molecule has 0 saturated heterocycles. The minimum absolute atomic E-state index is 0.435. The van der Waals surface area contributed by atoms with Crippen molar-refractivity contribution in [2.45, 2.75) is 39.0 Å². The SMILES string of the molecule is CCCCCCc1ccc2cc(-c3cc(F)c(C#N)c(F)c3)ccc2c1. The normalized spacial score (nSPS) is 10.8. The summed E-state index contributed by atoms with van der Waals surface area (Å²) in [7, 11) is 0. The van der Waals surface area contributed by atoms with Crippen LogP contribution in [0.1, 0.15) is 43.7 Å². The lowest BCUT2D eigenvalue weighted by Gasteiger charge is -2.08. The molecule has 3 aromatic rings. The summed E-state index contributed by atoms with van der Waals surface area (Å²) in [6, 6.07) is 16.1. The van der Waals surface area contributed by atoms with Crippen LogP contribution >= 0.6 is 0 Å². The first-order valence-corrected chi connectivity index (χ1v) is 9.04. The zero-order valence-electron chi connectivity index (χ0n) is 14.9. The van der Waals surface area contributed by atoms with Crippen LogP contribution in [0.3, 0.4) is 0 Å². The van der Waals surface area contributed by atoms with Crippen LogP contribution in [-0.4, -0.2) is 0 Å². The smallest absolute Gasteiger partial charge is 0.144 e. The molecule has 1 nitrogen and oxygen atoms in total. The van der Waals surface area contributed by atoms with Crippen LogP contribution in [0.25, 0.3) is 21.9 Å². The second kappa shape index (κ2) is 8.10. The number of rotatable bonds is 6. The molecule has 0 aliphatic heterocycles. The maximum absolute atomic E-state index is 13.9. The molecule has 0 fully saturated rings. The molecule has 3 aromatic carbocycles. The van der Waals surface area contributed by atoms with E-state index in [9.17, 15) is 8.78 Å². The average Bonchev–Trinajstić information content (AvgIpc) is 2.64. The van der Waals surface area contributed by atoms with Crippen LogP contribution in [0.5, 0.6) is 0 Å². The van der Waals surface area contributed by atoms with Crippen LogP contribution in [0.15, 0.2) is 48.5 Å². The van der Waals surface area contributed by atoms with Crippen molar-refractivity contribution >= 4 is 10.8 Å². The molecular weight excluding hydrogens is 328 g/mol. The number of aryl methyl sites for hydroxylation is 1. The molecule has 0 amide bonds. The maximum atomic E-state index is 13.9. The summed E-state index contributed by atoms with van der Waals surface area (Å²) in [5, 5.41) is 10.9. The zero-order valence-corrected chi connectivity index (χ0v) is 14.9. The van der Waals surface area contributed by atoms with E-state index in [1.165, 1.54) is 43.4 Å². The molecule has 0 radical (unpaired) electrons. The van der Waals surface area contributed by atoms with Gasteiger partial charge in [-0.25, -0.2) is 8.78 Å². The van der Waals surface area contributed by atoms with Gasteiger partial charge < -0.3 is 0 Å². The largest absolute Gasteiger partial charge is 0.205 e. The van der Waals surface area contributed by atoms with E-state index in [2.05, 4.69) is 25.1 Å². The monoisotopic (exact) mass is 349 g/mol. The van der Waals surface area contributed by atoms with E-state index < -0.39 is 17.2 Å². The summed E-state index contributed by atoms with van der Waals surface area (Å²) in [4.78, 5) is 0. The lowest BCUT2D eigenvalue weighted by molar-refractivity contribution is 0.577. The molecular formula is C23H21F2N. The molecule has 0 heterocycles. The quantitative estimate of drug-likeness (QED) is 0.450. The van der Waals surface area contributed by atoms with Crippen LogP contribution in [-0.2, 0) is 6.42 Å². The van der Waals surface area contributed by atoms with Gasteiger partial charge in [0.2, 0.25) is 0 Å². The molecule has 0 aromatic heterocycles. The van der Waals surface area contributed by atoms with E-state index in [0.29, 0.717) is 5.56 Å². The summed E-state index contributed by atoms with van der Waals surface area (Å²) < 4.78 is 27.7. The fourth-order valence-corrected chi connectivity index (χ4v) is 3.23. The molecule has 0 spiro atoms. The second-order valence-corrected chi connectivity index (χ2v) is 6.63. The molecule has 3 rings (SSSR count). The number of fused-ring (bicyclic) bond motifs is 1. The number of unbranched alkanes of at least 4 members (excludes halogenated alkanes) is 3. The van der Waals surface area contributed by atoms with Gasteiger partial charge in [0.15, 0.2) is 0 Å². The Balaban J connectivity index is 1.87. The Labute approximate surface area is 152 Å². The van der Waals surface area contributed by atoms with E-state index in [1.54, 1.807) is 6.07 Å². The Morgan fingerprint density at radius 1 is 0.808 bits per heavy atom. The predicted molar refractivity (Wildman–Crippen MR) is 102 cm³/mol. The summed E-state index contributed by atoms with van der Waals surface area (Å²) >= 11 is 0. The molecule has 0 N–H and O–H groups in total. The fourth-order valence-electron chi connectivity index (χ4n) is 3.23. The Kier molecular flexibility index (Phi) is 5.63. The van der Waals surface area contributed by atoms with E-state index >= 15 is 0 Å². The van der Waals surface area contributed by atoms with Gasteiger partial charge in [0, 0.05) is 0 Å². The summed E-state index contributed by atoms with van der Waals surface area (Å²) in [6.07, 6.45) is 6.03. The van der Waals surface area contributed by atoms with Crippen molar-refractivity contribution in [1.29, 1.82) is 5.26 Å². The molecule has 0 bridgehead atoms. The lowest BCUT2D eigenvalue weighted by Crippen LogP contribution is -1.92. The van der Waals surface area contributed by atoms with Gasteiger partial charge in [-0.05, 0) is 58.5 Å². The third-order valence-corrected chi connectivity index (χ3v) is 4.71. The van der Waals surface area contributed by atoms with Crippen molar-refractivity contribution in [2.75, 3.05) is 0 Å². The molecule has 0 saturated carbocycles. The predicted octanol–water partition coefficient (Wildman–Crippen LogP) is 6.78. The second-order valence-electron chi connectivity index (χ2n) is 6.63. The Hall–Kier alpha value is -2.73. The first-order chi connectivity index (χ1) is 12.6. The lowest BCUT2D eigenvalue weighted by atomic mass is 9.97. The van der Waals surface area contributed by atoms with Crippen LogP contribution in [0.4, 0.5) is 8.78 Å². The van der Waals surface area contributed by atoms with Crippen molar-refractivity contribution in [3.8, 4) is 17.2 Å². The molecule has 0 atom stereocenters. The van der Waals surface area contributed by atoms with E-state index in [1.807, 2.05) is 18.2 Å². The number of benzene rings is 3. The standard InChI is InChI=1S/C23H21F2N/c1-2-3-4-5-6-16-7-8-18-12-19(10-9-17(18)11-16)20-13-22(24)21(15-26)23(25)14-20/h7-14H,2-6H2,1H3. The highest BCUT2D eigenvalue weighted by Gasteiger charge is 2.12. The van der Waals surface area contributed by atoms with Gasteiger partial charge in [-0.1, -0.05) is 56.5 Å². The fraction of sp³-hybridized carbons (Fsp3) is 0.261. The molecule has 0 unspecified atom stereocenters. The highest BCUT2D eigenvalue weighted by Crippen LogP contribution is 2.28. The van der Waals surface area contributed by atoms with Crippen LogP contribution < -0.4 is 0 Å². The summed E-state index contributed by atoms with van der Waals surface area (Å²) in [6.45, 7) is 2.21. The van der Waals surface area contributed by atoms with Crippen molar-refractivity contribution in [1.82, 2.24) is 0 Å². The van der Waals surface area contributed by atoms with Crippen LogP contribution in [0, 0.1) is 23.0 Å². The van der Waals surface area contributed by atoms with Gasteiger partial charge in [0.25, 0.3) is 0 Å². The van der Waals surface area contributed by atoms with E-state index in [-0.39, 0.29) is 0 Å². The zero-order chi connectivity index (χ0) is 18.5. The number of halogens is 2. The van der Waals surface area contributed by atoms with Crippen molar-refractivity contribution < 1.29 is 8.78 Å². The number of nitriles is 1. The first kappa shape index (κ1) is 18.1. The molecule has 0 aliphatic rings. The maximum Gasteiger partial charge on any atom is 0.144 e. The van der Waals surface area contributed by atoms with Crippen molar-refractivity contribution in [3.63, 3.8) is 0 Å². The van der Waals surface area contributed by atoms with Gasteiger partial charge in [0.05, 0.1) is 0 Å². The van der Waals surface area contributed by atoms with Crippen LogP contribution in [0.2, 0.25) is 0 Å². The highest BCUT2D eigenvalue weighted by molar-refractivity contribution is 5.88. The Bertz CT molecular complexity index is 947. The average molecular weight is 349 g/mol. The number of nitrogens with zero attached hydrogens (tertiary/aromatic N) is 1. The molecule has 132 valence electrons. The third-order valence-electron chi connectivity index (χ3n) is 4.71. The summed E-state index contributed by atoms with van der Waals surface area (Å²) in [5.74, 6) is -1.66. The first-order valence-electron chi connectivity index (χ1n) is 9.04. The number of hydrogen-bond acceptors (Lipinski definition) is 1. The Morgan fingerprint density at radius 3 is 2.19 bits per heavy atom.